The van der Waals surface area contributed by atoms with Crippen LogP contribution in [0.1, 0.15) is 19.2 Å². The van der Waals surface area contributed by atoms with Crippen molar-refractivity contribution in [1.29, 1.82) is 0 Å². The van der Waals surface area contributed by atoms with Crippen LogP contribution in [0.3, 0.4) is 0 Å². The largest absolute Gasteiger partial charge is 0.335 e. The van der Waals surface area contributed by atoms with Gasteiger partial charge in [0.05, 0.1) is 17.4 Å². The van der Waals surface area contributed by atoms with Gasteiger partial charge in [0.25, 0.3) is 0 Å². The monoisotopic (exact) mass is 283 g/mol. The molecule has 0 amide bonds. The minimum absolute atomic E-state index is 0.0283. The molecule has 110 valence electrons. The van der Waals surface area contributed by atoms with Gasteiger partial charge in [-0.2, -0.15) is 0 Å². The number of para-hydroxylation sites is 2. The maximum Gasteiger partial charge on any atom is 0.110 e. The molecule has 5 nitrogen and oxygen atoms in total. The summed E-state index contributed by atoms with van der Waals surface area (Å²) < 4.78 is 4.30. The topological polar surface area (TPSA) is 61.7 Å². The molecule has 1 aromatic carbocycles. The molecular formula is C16H21N5. The van der Waals surface area contributed by atoms with E-state index in [1.54, 1.807) is 0 Å². The lowest BCUT2D eigenvalue weighted by molar-refractivity contribution is 0.526. The highest BCUT2D eigenvalue weighted by Crippen LogP contribution is 2.13. The number of hydrogen-bond acceptors (Lipinski definition) is 3. The van der Waals surface area contributed by atoms with Gasteiger partial charge in [-0.25, -0.2) is 9.97 Å². The standard InChI is InChI=1S/C16H21N5/c1-2-8-20-9-7-18-16(20)10-13(17)11-21-12-19-14-5-3-4-6-15(14)21/h3-7,9,12-13H,2,8,10-11,17H2,1H3. The average Bonchev–Trinajstić information content (AvgIpc) is 3.08. The normalized spacial score (nSPS) is 12.9. The molecular weight excluding hydrogens is 262 g/mol. The SMILES string of the molecule is CCCn1ccnc1CC(N)Cn1cnc2ccccc21. The van der Waals surface area contributed by atoms with Crippen LogP contribution in [0.5, 0.6) is 0 Å². The summed E-state index contributed by atoms with van der Waals surface area (Å²) in [6.07, 6.45) is 7.62. The van der Waals surface area contributed by atoms with Crippen LogP contribution in [0.15, 0.2) is 43.0 Å². The van der Waals surface area contributed by atoms with Crippen LogP contribution in [-0.4, -0.2) is 25.1 Å². The van der Waals surface area contributed by atoms with Crippen molar-refractivity contribution in [2.75, 3.05) is 0 Å². The fourth-order valence-corrected chi connectivity index (χ4v) is 2.68. The molecule has 1 unspecified atom stereocenters. The van der Waals surface area contributed by atoms with Gasteiger partial charge in [-0.3, -0.25) is 0 Å². The summed E-state index contributed by atoms with van der Waals surface area (Å²) in [4.78, 5) is 8.83. The first-order valence-corrected chi connectivity index (χ1v) is 7.43. The van der Waals surface area contributed by atoms with Crippen molar-refractivity contribution in [3.8, 4) is 0 Å². The Morgan fingerprint density at radius 2 is 2.05 bits per heavy atom. The Labute approximate surface area is 124 Å². The maximum absolute atomic E-state index is 6.31. The van der Waals surface area contributed by atoms with Crippen LogP contribution in [0.4, 0.5) is 0 Å². The van der Waals surface area contributed by atoms with Crippen LogP contribution >= 0.6 is 0 Å². The summed E-state index contributed by atoms with van der Waals surface area (Å²) in [6, 6.07) is 8.15. The number of rotatable bonds is 6. The molecule has 0 radical (unpaired) electrons. The molecule has 0 saturated heterocycles. The quantitative estimate of drug-likeness (QED) is 0.754. The second kappa shape index (κ2) is 6.10. The number of aryl methyl sites for hydroxylation is 1. The van der Waals surface area contributed by atoms with Gasteiger partial charge < -0.3 is 14.9 Å². The number of imidazole rings is 2. The van der Waals surface area contributed by atoms with E-state index < -0.39 is 0 Å². The lowest BCUT2D eigenvalue weighted by Crippen LogP contribution is -2.29. The highest BCUT2D eigenvalue weighted by atomic mass is 15.1. The molecule has 0 saturated carbocycles. The summed E-state index contributed by atoms with van der Waals surface area (Å²) in [5.41, 5.74) is 8.45. The Bertz CT molecular complexity index is 712. The van der Waals surface area contributed by atoms with Crippen molar-refractivity contribution >= 4 is 11.0 Å². The summed E-state index contributed by atoms with van der Waals surface area (Å²) in [5, 5.41) is 0. The van der Waals surface area contributed by atoms with Crippen LogP contribution in [0.2, 0.25) is 0 Å². The molecule has 0 spiro atoms. The van der Waals surface area contributed by atoms with Crippen molar-refractivity contribution in [1.82, 2.24) is 19.1 Å². The number of benzene rings is 1. The fourth-order valence-electron chi connectivity index (χ4n) is 2.68. The molecule has 21 heavy (non-hydrogen) atoms. The second-order valence-electron chi connectivity index (χ2n) is 5.39. The van der Waals surface area contributed by atoms with Gasteiger partial charge >= 0.3 is 0 Å². The molecule has 5 heteroatoms. The lowest BCUT2D eigenvalue weighted by atomic mass is 10.2. The number of fused-ring (bicyclic) bond motifs is 1. The Morgan fingerprint density at radius 3 is 2.90 bits per heavy atom. The lowest BCUT2D eigenvalue weighted by Gasteiger charge is -2.14. The average molecular weight is 283 g/mol. The predicted molar refractivity (Wildman–Crippen MR) is 83.9 cm³/mol. The number of aromatic nitrogens is 4. The summed E-state index contributed by atoms with van der Waals surface area (Å²) in [7, 11) is 0. The van der Waals surface area contributed by atoms with Gasteiger partial charge in [0.2, 0.25) is 0 Å². The Kier molecular flexibility index (Phi) is 4.01. The van der Waals surface area contributed by atoms with Gasteiger partial charge in [-0.15, -0.1) is 0 Å². The first-order chi connectivity index (χ1) is 10.3. The predicted octanol–water partition coefficient (Wildman–Crippen LogP) is 2.21. The fraction of sp³-hybridized carbons (Fsp3) is 0.375. The first kappa shape index (κ1) is 13.8. The Hall–Kier alpha value is -2.14. The first-order valence-electron chi connectivity index (χ1n) is 7.43. The molecule has 2 heterocycles. The van der Waals surface area contributed by atoms with E-state index in [9.17, 15) is 0 Å². The zero-order valence-corrected chi connectivity index (χ0v) is 12.3. The molecule has 0 fully saturated rings. The highest BCUT2D eigenvalue weighted by Gasteiger charge is 2.11. The zero-order chi connectivity index (χ0) is 14.7. The van der Waals surface area contributed by atoms with Crippen molar-refractivity contribution in [3.63, 3.8) is 0 Å². The molecule has 3 aromatic rings. The molecule has 0 aliphatic heterocycles. The van der Waals surface area contributed by atoms with Crippen molar-refractivity contribution in [3.05, 3.63) is 48.8 Å². The minimum atomic E-state index is 0.0283. The third-order valence-electron chi connectivity index (χ3n) is 3.67. The van der Waals surface area contributed by atoms with Crippen LogP contribution in [0.25, 0.3) is 11.0 Å². The molecule has 0 aliphatic carbocycles. The van der Waals surface area contributed by atoms with Crippen molar-refractivity contribution < 1.29 is 0 Å². The molecule has 0 bridgehead atoms. The number of nitrogens with two attached hydrogens (primary N) is 1. The number of hydrogen-bond donors (Lipinski definition) is 1. The molecule has 2 N–H and O–H groups in total. The van der Waals surface area contributed by atoms with Gasteiger partial charge in [0.1, 0.15) is 5.82 Å². The van der Waals surface area contributed by atoms with E-state index in [4.69, 9.17) is 5.73 Å². The van der Waals surface area contributed by atoms with Gasteiger partial charge in [-0.1, -0.05) is 19.1 Å². The zero-order valence-electron chi connectivity index (χ0n) is 12.3. The second-order valence-corrected chi connectivity index (χ2v) is 5.39. The van der Waals surface area contributed by atoms with E-state index in [0.717, 1.165) is 42.8 Å². The Morgan fingerprint density at radius 1 is 1.19 bits per heavy atom. The third-order valence-corrected chi connectivity index (χ3v) is 3.67. The van der Waals surface area contributed by atoms with E-state index in [2.05, 4.69) is 32.1 Å². The van der Waals surface area contributed by atoms with E-state index in [1.807, 2.05) is 36.9 Å². The molecule has 0 aliphatic rings. The Balaban J connectivity index is 1.71. The van der Waals surface area contributed by atoms with Crippen molar-refractivity contribution in [2.24, 2.45) is 5.73 Å². The summed E-state index contributed by atoms with van der Waals surface area (Å²) in [6.45, 7) is 3.91. The molecule has 2 aromatic heterocycles. The van der Waals surface area contributed by atoms with E-state index in [-0.39, 0.29) is 6.04 Å². The maximum atomic E-state index is 6.31. The van der Waals surface area contributed by atoms with E-state index in [0.29, 0.717) is 0 Å². The summed E-state index contributed by atoms with van der Waals surface area (Å²) in [5.74, 6) is 1.06. The van der Waals surface area contributed by atoms with Crippen LogP contribution < -0.4 is 5.73 Å². The van der Waals surface area contributed by atoms with E-state index >= 15 is 0 Å². The third kappa shape index (κ3) is 2.97. The highest BCUT2D eigenvalue weighted by molar-refractivity contribution is 5.74. The van der Waals surface area contributed by atoms with Gasteiger partial charge in [0.15, 0.2) is 0 Å². The number of nitrogens with zero attached hydrogens (tertiary/aromatic N) is 4. The van der Waals surface area contributed by atoms with Crippen LogP contribution in [-0.2, 0) is 19.5 Å². The van der Waals surface area contributed by atoms with Crippen molar-refractivity contribution in [2.45, 2.75) is 38.9 Å². The molecule has 3 rings (SSSR count). The van der Waals surface area contributed by atoms with Gasteiger partial charge in [-0.05, 0) is 18.6 Å². The minimum Gasteiger partial charge on any atom is -0.335 e. The summed E-state index contributed by atoms with van der Waals surface area (Å²) >= 11 is 0. The molecule has 1 atom stereocenters. The smallest absolute Gasteiger partial charge is 0.110 e. The van der Waals surface area contributed by atoms with Crippen LogP contribution in [0, 0.1) is 0 Å². The van der Waals surface area contributed by atoms with Gasteiger partial charge in [0, 0.05) is 37.9 Å². The van der Waals surface area contributed by atoms with E-state index in [1.165, 1.54) is 0 Å².